The fourth-order valence-corrected chi connectivity index (χ4v) is 4.82. The Morgan fingerprint density at radius 1 is 0.889 bits per heavy atom. The number of aliphatic hydroxyl groups excluding tert-OH is 1. The average Bonchev–Trinajstić information content (AvgIpc) is 3.44. The van der Waals surface area contributed by atoms with Crippen molar-refractivity contribution in [3.05, 3.63) is 65.7 Å². The molecule has 2 saturated carbocycles. The molecule has 1 aromatic carbocycles. The molecule has 0 amide bonds. The van der Waals surface area contributed by atoms with Crippen LogP contribution >= 0.6 is 0 Å². The number of phenols is 1. The molecule has 0 saturated heterocycles. The predicted octanol–water partition coefficient (Wildman–Crippen LogP) is 4.92. The van der Waals surface area contributed by atoms with Crippen molar-refractivity contribution < 1.29 is 10.2 Å². The maximum absolute atomic E-state index is 11.3. The van der Waals surface area contributed by atoms with Gasteiger partial charge >= 0.3 is 0 Å². The second-order valence-corrected chi connectivity index (χ2v) is 8.28. The van der Waals surface area contributed by atoms with Crippen LogP contribution in [0, 0.1) is 5.92 Å². The lowest BCUT2D eigenvalue weighted by atomic mass is 9.75. The highest BCUT2D eigenvalue weighted by Crippen LogP contribution is 2.47. The van der Waals surface area contributed by atoms with Crippen molar-refractivity contribution in [2.24, 2.45) is 5.92 Å². The van der Waals surface area contributed by atoms with Crippen molar-refractivity contribution in [3.63, 3.8) is 0 Å². The molecule has 0 unspecified atom stereocenters. The summed E-state index contributed by atoms with van der Waals surface area (Å²) in [4.78, 5) is 4.30. The fourth-order valence-electron chi connectivity index (χ4n) is 4.82. The van der Waals surface area contributed by atoms with Crippen LogP contribution in [0.2, 0.25) is 0 Å². The maximum atomic E-state index is 11.3. The Kier molecular flexibility index (Phi) is 4.16. The Bertz CT molecular complexity index is 935. The number of aromatic nitrogens is 2. The van der Waals surface area contributed by atoms with Gasteiger partial charge in [-0.05, 0) is 85.6 Å². The molecule has 2 aromatic heterocycles. The molecule has 4 heteroatoms. The first-order valence-electron chi connectivity index (χ1n) is 10.1. The molecule has 3 aromatic rings. The molecule has 1 atom stereocenters. The number of hydrogen-bond donors (Lipinski definition) is 2. The lowest BCUT2D eigenvalue weighted by Crippen LogP contribution is -2.22. The van der Waals surface area contributed by atoms with E-state index >= 15 is 0 Å². The van der Waals surface area contributed by atoms with E-state index < -0.39 is 6.10 Å². The Morgan fingerprint density at radius 2 is 1.59 bits per heavy atom. The van der Waals surface area contributed by atoms with Crippen molar-refractivity contribution in [2.45, 2.75) is 56.5 Å². The third-order valence-corrected chi connectivity index (χ3v) is 6.54. The molecule has 2 aliphatic rings. The molecule has 0 spiro atoms. The summed E-state index contributed by atoms with van der Waals surface area (Å²) in [6, 6.07) is 12.0. The van der Waals surface area contributed by atoms with Crippen LogP contribution in [0.4, 0.5) is 0 Å². The summed E-state index contributed by atoms with van der Waals surface area (Å²) < 4.78 is 2.10. The quantitative estimate of drug-likeness (QED) is 0.692. The van der Waals surface area contributed by atoms with Crippen LogP contribution in [0.15, 0.2) is 48.9 Å². The van der Waals surface area contributed by atoms with Gasteiger partial charge in [0.15, 0.2) is 0 Å². The topological polar surface area (TPSA) is 57.8 Å². The van der Waals surface area contributed by atoms with Gasteiger partial charge in [-0.3, -0.25) is 0 Å². The van der Waals surface area contributed by atoms with Crippen LogP contribution in [-0.4, -0.2) is 19.6 Å². The highest BCUT2D eigenvalue weighted by atomic mass is 16.3. The van der Waals surface area contributed by atoms with E-state index in [-0.39, 0.29) is 0 Å². The molecule has 0 bridgehead atoms. The number of fused-ring (bicyclic) bond motifs is 1. The summed E-state index contributed by atoms with van der Waals surface area (Å²) in [5.41, 5.74) is 4.75. The van der Waals surface area contributed by atoms with E-state index in [9.17, 15) is 10.2 Å². The van der Waals surface area contributed by atoms with Crippen molar-refractivity contribution in [1.29, 1.82) is 0 Å². The van der Waals surface area contributed by atoms with E-state index in [2.05, 4.69) is 21.5 Å². The predicted molar refractivity (Wildman–Crippen MR) is 105 cm³/mol. The molecule has 2 N–H and O–H groups in total. The van der Waals surface area contributed by atoms with Crippen LogP contribution in [-0.2, 0) is 0 Å². The van der Waals surface area contributed by atoms with Crippen molar-refractivity contribution in [1.82, 2.24) is 9.38 Å². The van der Waals surface area contributed by atoms with Gasteiger partial charge in [-0.1, -0.05) is 18.2 Å². The monoisotopic (exact) mass is 362 g/mol. The molecule has 0 radical (unpaired) electrons. The van der Waals surface area contributed by atoms with E-state index in [4.69, 9.17) is 0 Å². The Morgan fingerprint density at radius 3 is 2.30 bits per heavy atom. The zero-order chi connectivity index (χ0) is 18.4. The number of nitrogens with zero attached hydrogens (tertiary/aromatic N) is 2. The van der Waals surface area contributed by atoms with E-state index in [1.807, 2.05) is 24.7 Å². The zero-order valence-electron chi connectivity index (χ0n) is 15.5. The van der Waals surface area contributed by atoms with E-state index in [0.29, 0.717) is 23.5 Å². The van der Waals surface area contributed by atoms with Crippen molar-refractivity contribution >= 4 is 5.52 Å². The number of benzene rings is 1. The first-order valence-corrected chi connectivity index (χ1v) is 10.1. The number of rotatable bonds is 4. The third-order valence-electron chi connectivity index (χ3n) is 6.54. The van der Waals surface area contributed by atoms with E-state index in [1.165, 1.54) is 24.0 Å². The zero-order valence-corrected chi connectivity index (χ0v) is 15.5. The van der Waals surface area contributed by atoms with E-state index in [0.717, 1.165) is 36.9 Å². The highest BCUT2D eigenvalue weighted by Gasteiger charge is 2.34. The molecule has 2 fully saturated rings. The van der Waals surface area contributed by atoms with Gasteiger partial charge in [-0.25, -0.2) is 4.98 Å². The first-order chi connectivity index (χ1) is 13.2. The van der Waals surface area contributed by atoms with Crippen LogP contribution in [0.3, 0.4) is 0 Å². The minimum Gasteiger partial charge on any atom is -0.508 e. The number of imidazole rings is 1. The van der Waals surface area contributed by atoms with Crippen LogP contribution in [0.5, 0.6) is 5.75 Å². The SMILES string of the molecule is Oc1ccc(C2CCC([C@H](O)c3c(C4CC4)ccc4cncn34)CC2)cc1. The van der Waals surface area contributed by atoms with Gasteiger partial charge in [0.1, 0.15) is 5.75 Å². The molecule has 2 aliphatic carbocycles. The molecular weight excluding hydrogens is 336 g/mol. The summed E-state index contributed by atoms with van der Waals surface area (Å²) in [6.07, 6.45) is 9.98. The van der Waals surface area contributed by atoms with Crippen LogP contribution < -0.4 is 0 Å². The number of aliphatic hydroxyl groups is 1. The van der Waals surface area contributed by atoms with Gasteiger partial charge < -0.3 is 14.6 Å². The van der Waals surface area contributed by atoms with Crippen LogP contribution in [0.1, 0.15) is 73.3 Å². The fraction of sp³-hybridized carbons (Fsp3) is 0.435. The molecule has 4 nitrogen and oxygen atoms in total. The first kappa shape index (κ1) is 16.8. The maximum Gasteiger partial charge on any atom is 0.115 e. The summed E-state index contributed by atoms with van der Waals surface area (Å²) in [6.45, 7) is 0. The average molecular weight is 362 g/mol. The Hall–Kier alpha value is -2.33. The molecule has 5 rings (SSSR count). The smallest absolute Gasteiger partial charge is 0.115 e. The van der Waals surface area contributed by atoms with E-state index in [1.54, 1.807) is 12.1 Å². The van der Waals surface area contributed by atoms with Gasteiger partial charge in [-0.2, -0.15) is 0 Å². The molecule has 0 aliphatic heterocycles. The van der Waals surface area contributed by atoms with Crippen molar-refractivity contribution in [2.75, 3.05) is 0 Å². The second-order valence-electron chi connectivity index (χ2n) is 8.28. The van der Waals surface area contributed by atoms with Gasteiger partial charge in [0, 0.05) is 0 Å². The lowest BCUT2D eigenvalue weighted by molar-refractivity contribution is 0.0754. The summed E-state index contributed by atoms with van der Waals surface area (Å²) in [5.74, 6) is 1.75. The standard InChI is InChI=1S/C23H26N2O2/c26-20-10-7-16(8-11-20)15-1-5-18(6-2-15)23(27)22-21(17-3-4-17)12-9-19-13-24-14-25(19)22/h7-15,17-18,23,26-27H,1-6H2/t15?,18?,23-/m0/s1. The Labute approximate surface area is 159 Å². The molecule has 140 valence electrons. The van der Waals surface area contributed by atoms with Crippen molar-refractivity contribution in [3.8, 4) is 5.75 Å². The molecule has 2 heterocycles. The number of hydrogen-bond acceptors (Lipinski definition) is 3. The van der Waals surface area contributed by atoms with Gasteiger partial charge in [-0.15, -0.1) is 0 Å². The minimum atomic E-state index is -0.431. The number of aromatic hydroxyl groups is 1. The number of phenolic OH excluding ortho intramolecular Hbond substituents is 1. The van der Waals surface area contributed by atoms with Gasteiger partial charge in [0.05, 0.1) is 29.8 Å². The minimum absolute atomic E-state index is 0.295. The molecular formula is C23H26N2O2. The van der Waals surface area contributed by atoms with Gasteiger partial charge in [0.25, 0.3) is 0 Å². The molecule has 27 heavy (non-hydrogen) atoms. The number of pyridine rings is 1. The summed E-state index contributed by atoms with van der Waals surface area (Å²) in [5, 5.41) is 20.8. The summed E-state index contributed by atoms with van der Waals surface area (Å²) in [7, 11) is 0. The highest BCUT2D eigenvalue weighted by molar-refractivity contribution is 5.50. The van der Waals surface area contributed by atoms with Gasteiger partial charge in [0.2, 0.25) is 0 Å². The largest absolute Gasteiger partial charge is 0.508 e. The third kappa shape index (κ3) is 3.12. The van der Waals surface area contributed by atoms with Crippen LogP contribution in [0.25, 0.3) is 5.52 Å². The summed E-state index contributed by atoms with van der Waals surface area (Å²) >= 11 is 0. The normalized spacial score (nSPS) is 24.2. The second kappa shape index (κ2) is 6.68. The Balaban J connectivity index is 1.37. The lowest BCUT2D eigenvalue weighted by Gasteiger charge is -2.33.